The number of benzene rings is 1. The van der Waals surface area contributed by atoms with Crippen LogP contribution in [0.15, 0.2) is 18.2 Å². The molecule has 0 aromatic heterocycles. The van der Waals surface area contributed by atoms with Crippen LogP contribution in [0.25, 0.3) is 0 Å². The third-order valence-corrected chi connectivity index (χ3v) is 3.10. The van der Waals surface area contributed by atoms with Crippen LogP contribution in [-0.2, 0) is 0 Å². The van der Waals surface area contributed by atoms with E-state index in [4.69, 9.17) is 23.2 Å². The fraction of sp³-hybridized carbons (Fsp3) is 0.364. The second kappa shape index (κ2) is 6.45. The summed E-state index contributed by atoms with van der Waals surface area (Å²) < 4.78 is 0. The summed E-state index contributed by atoms with van der Waals surface area (Å²) in [4.78, 5) is 13.8. The molecule has 0 heterocycles. The van der Waals surface area contributed by atoms with Crippen LogP contribution >= 0.6 is 35.6 Å². The molecule has 1 atom stereocenters. The molecule has 16 heavy (non-hydrogen) atoms. The third kappa shape index (κ3) is 3.63. The summed E-state index contributed by atoms with van der Waals surface area (Å²) >= 11 is 11.6. The standard InChI is InChI=1S/C11H13Cl2NO.ClH/c1-7(14(2)3)11(15)8-4-5-9(12)10(13)6-8;/h4-7H,1-3H3;1H. The molecule has 0 aliphatic rings. The van der Waals surface area contributed by atoms with Crippen molar-refractivity contribution in [3.63, 3.8) is 0 Å². The number of carbonyl (C=O) groups is 1. The minimum absolute atomic E-state index is 0. The van der Waals surface area contributed by atoms with E-state index in [0.717, 1.165) is 0 Å². The lowest BCUT2D eigenvalue weighted by Crippen LogP contribution is -2.32. The van der Waals surface area contributed by atoms with E-state index in [9.17, 15) is 4.79 Å². The van der Waals surface area contributed by atoms with Gasteiger partial charge in [-0.25, -0.2) is 0 Å². The van der Waals surface area contributed by atoms with Gasteiger partial charge in [-0.15, -0.1) is 12.4 Å². The van der Waals surface area contributed by atoms with Gasteiger partial charge in [-0.2, -0.15) is 0 Å². The molecular weight excluding hydrogens is 268 g/mol. The molecule has 0 saturated carbocycles. The van der Waals surface area contributed by atoms with Gasteiger partial charge in [0.05, 0.1) is 16.1 Å². The van der Waals surface area contributed by atoms with Gasteiger partial charge < -0.3 is 0 Å². The number of hydrogen-bond acceptors (Lipinski definition) is 2. The largest absolute Gasteiger partial charge is 0.300 e. The number of Topliss-reactive ketones (excluding diaryl/α,β-unsaturated/α-hetero) is 1. The maximum Gasteiger partial charge on any atom is 0.179 e. The highest BCUT2D eigenvalue weighted by Gasteiger charge is 2.17. The first-order chi connectivity index (χ1) is 6.93. The Morgan fingerprint density at radius 3 is 2.25 bits per heavy atom. The average molecular weight is 283 g/mol. The topological polar surface area (TPSA) is 20.3 Å². The Bertz CT molecular complexity index is 379. The summed E-state index contributed by atoms with van der Waals surface area (Å²) in [7, 11) is 3.72. The van der Waals surface area contributed by atoms with Gasteiger partial charge in [0.1, 0.15) is 0 Å². The predicted octanol–water partition coefficient (Wildman–Crippen LogP) is 3.55. The van der Waals surface area contributed by atoms with Crippen molar-refractivity contribution in [2.45, 2.75) is 13.0 Å². The number of rotatable bonds is 3. The molecule has 0 N–H and O–H groups in total. The average Bonchev–Trinajstić information content (AvgIpc) is 2.19. The zero-order chi connectivity index (χ0) is 11.6. The zero-order valence-electron chi connectivity index (χ0n) is 9.33. The fourth-order valence-electron chi connectivity index (χ4n) is 1.13. The van der Waals surface area contributed by atoms with Crippen LogP contribution in [0, 0.1) is 0 Å². The highest BCUT2D eigenvalue weighted by atomic mass is 35.5. The van der Waals surface area contributed by atoms with Crippen molar-refractivity contribution < 1.29 is 4.79 Å². The lowest BCUT2D eigenvalue weighted by atomic mass is 10.1. The second-order valence-electron chi connectivity index (χ2n) is 3.63. The number of likely N-dealkylation sites (N-methyl/N-ethyl adjacent to an activating group) is 1. The lowest BCUT2D eigenvalue weighted by Gasteiger charge is -2.18. The maximum absolute atomic E-state index is 11.9. The molecule has 0 aliphatic carbocycles. The number of carbonyl (C=O) groups excluding carboxylic acids is 1. The van der Waals surface area contributed by atoms with Crippen LogP contribution in [0.3, 0.4) is 0 Å². The number of hydrogen-bond donors (Lipinski definition) is 0. The van der Waals surface area contributed by atoms with E-state index in [1.807, 2.05) is 25.9 Å². The summed E-state index contributed by atoms with van der Waals surface area (Å²) in [6.45, 7) is 1.85. The van der Waals surface area contributed by atoms with Gasteiger partial charge in [0.25, 0.3) is 0 Å². The smallest absolute Gasteiger partial charge is 0.179 e. The van der Waals surface area contributed by atoms with Crippen molar-refractivity contribution in [3.8, 4) is 0 Å². The van der Waals surface area contributed by atoms with E-state index in [2.05, 4.69) is 0 Å². The van der Waals surface area contributed by atoms with E-state index in [1.165, 1.54) is 0 Å². The minimum atomic E-state index is -0.165. The van der Waals surface area contributed by atoms with E-state index in [-0.39, 0.29) is 24.2 Å². The molecule has 0 aliphatic heterocycles. The number of halogens is 3. The molecule has 0 fully saturated rings. The van der Waals surface area contributed by atoms with Crippen molar-refractivity contribution in [2.24, 2.45) is 0 Å². The molecule has 1 rings (SSSR count). The van der Waals surface area contributed by atoms with Gasteiger partial charge in [0.2, 0.25) is 0 Å². The van der Waals surface area contributed by atoms with Crippen LogP contribution in [-0.4, -0.2) is 30.8 Å². The Balaban J connectivity index is 0.00000225. The monoisotopic (exact) mass is 281 g/mol. The Morgan fingerprint density at radius 1 is 1.25 bits per heavy atom. The number of ketones is 1. The van der Waals surface area contributed by atoms with Gasteiger partial charge in [-0.3, -0.25) is 9.69 Å². The molecule has 0 saturated heterocycles. The molecule has 0 amide bonds. The maximum atomic E-state index is 11.9. The summed E-state index contributed by atoms with van der Waals surface area (Å²) in [6, 6.07) is 4.77. The molecule has 1 unspecified atom stereocenters. The molecule has 5 heteroatoms. The van der Waals surface area contributed by atoms with E-state index >= 15 is 0 Å². The van der Waals surface area contributed by atoms with Crippen LogP contribution in [0.4, 0.5) is 0 Å². The normalized spacial score (nSPS) is 12.1. The van der Waals surface area contributed by atoms with Gasteiger partial charge in [-0.05, 0) is 39.2 Å². The van der Waals surface area contributed by atoms with Gasteiger partial charge in [0, 0.05) is 5.56 Å². The van der Waals surface area contributed by atoms with Crippen molar-refractivity contribution in [2.75, 3.05) is 14.1 Å². The lowest BCUT2D eigenvalue weighted by molar-refractivity contribution is 0.0890. The molecule has 0 spiro atoms. The molecular formula is C11H14Cl3NO. The Morgan fingerprint density at radius 2 is 1.81 bits per heavy atom. The quantitative estimate of drug-likeness (QED) is 0.790. The summed E-state index contributed by atoms with van der Waals surface area (Å²) in [6.07, 6.45) is 0. The predicted molar refractivity (Wildman–Crippen MR) is 71.2 cm³/mol. The van der Waals surface area contributed by atoms with E-state index < -0.39 is 0 Å². The van der Waals surface area contributed by atoms with Crippen molar-refractivity contribution >= 4 is 41.4 Å². The van der Waals surface area contributed by atoms with Gasteiger partial charge in [0.15, 0.2) is 5.78 Å². The van der Waals surface area contributed by atoms with E-state index in [0.29, 0.717) is 15.6 Å². The van der Waals surface area contributed by atoms with Gasteiger partial charge >= 0.3 is 0 Å². The molecule has 0 radical (unpaired) electrons. The molecule has 1 aromatic carbocycles. The van der Waals surface area contributed by atoms with Crippen molar-refractivity contribution in [1.29, 1.82) is 0 Å². The van der Waals surface area contributed by atoms with Gasteiger partial charge in [-0.1, -0.05) is 23.2 Å². The molecule has 0 bridgehead atoms. The zero-order valence-corrected chi connectivity index (χ0v) is 11.7. The summed E-state index contributed by atoms with van der Waals surface area (Å²) in [5.74, 6) is 0.0403. The highest BCUT2D eigenvalue weighted by molar-refractivity contribution is 6.42. The first kappa shape index (κ1) is 15.7. The van der Waals surface area contributed by atoms with Crippen LogP contribution < -0.4 is 0 Å². The minimum Gasteiger partial charge on any atom is -0.300 e. The summed E-state index contributed by atoms with van der Waals surface area (Å²) in [5, 5.41) is 0.874. The summed E-state index contributed by atoms with van der Waals surface area (Å²) in [5.41, 5.74) is 0.589. The first-order valence-corrected chi connectivity index (χ1v) is 5.34. The highest BCUT2D eigenvalue weighted by Crippen LogP contribution is 2.23. The number of nitrogens with zero attached hydrogens (tertiary/aromatic N) is 1. The van der Waals surface area contributed by atoms with Crippen LogP contribution in [0.1, 0.15) is 17.3 Å². The first-order valence-electron chi connectivity index (χ1n) is 4.59. The molecule has 90 valence electrons. The Kier molecular flexibility index (Phi) is 6.34. The molecule has 2 nitrogen and oxygen atoms in total. The third-order valence-electron chi connectivity index (χ3n) is 2.36. The second-order valence-corrected chi connectivity index (χ2v) is 4.45. The van der Waals surface area contributed by atoms with Crippen molar-refractivity contribution in [3.05, 3.63) is 33.8 Å². The van der Waals surface area contributed by atoms with Crippen molar-refractivity contribution in [1.82, 2.24) is 4.90 Å². The van der Waals surface area contributed by atoms with E-state index in [1.54, 1.807) is 18.2 Å². The Hall–Kier alpha value is -0.280. The van der Waals surface area contributed by atoms with Crippen LogP contribution in [0.2, 0.25) is 10.0 Å². The van der Waals surface area contributed by atoms with Crippen LogP contribution in [0.5, 0.6) is 0 Å². The fourth-order valence-corrected chi connectivity index (χ4v) is 1.42. The SMILES string of the molecule is CC(C(=O)c1ccc(Cl)c(Cl)c1)N(C)C.Cl. The Labute approximate surface area is 112 Å². The molecule has 1 aromatic rings.